The maximum absolute atomic E-state index is 12.5. The quantitative estimate of drug-likeness (QED) is 0.759. The van der Waals surface area contributed by atoms with Gasteiger partial charge in [-0.05, 0) is 44.4 Å². The van der Waals surface area contributed by atoms with Crippen molar-refractivity contribution >= 4 is 15.9 Å². The Kier molecular flexibility index (Phi) is 6.20. The van der Waals surface area contributed by atoms with Gasteiger partial charge in [0.05, 0.1) is 19.3 Å². The molecule has 24 heavy (non-hydrogen) atoms. The fourth-order valence-corrected chi connectivity index (χ4v) is 3.97. The molecule has 1 aliphatic rings. The molecule has 1 fully saturated rings. The molecule has 2 atom stereocenters. The summed E-state index contributed by atoms with van der Waals surface area (Å²) < 4.78 is 38.0. The van der Waals surface area contributed by atoms with Crippen molar-refractivity contribution in [3.63, 3.8) is 0 Å². The number of aryl methyl sites for hydroxylation is 1. The first-order valence-corrected chi connectivity index (χ1v) is 9.38. The van der Waals surface area contributed by atoms with E-state index < -0.39 is 16.1 Å². The predicted octanol–water partition coefficient (Wildman–Crippen LogP) is 0.966. The highest BCUT2D eigenvalue weighted by atomic mass is 32.2. The summed E-state index contributed by atoms with van der Waals surface area (Å²) in [5.41, 5.74) is 0.784. The zero-order valence-electron chi connectivity index (χ0n) is 14.2. The molecule has 1 saturated heterocycles. The van der Waals surface area contributed by atoms with Crippen molar-refractivity contribution in [1.29, 1.82) is 0 Å². The standard InChI is InChI=1S/C16H24N2O5S/c1-11-6-7-14(22-3)15(9-11)24(20,21)18-12(2)16(19)17-10-13-5-4-8-23-13/h6-7,9,12-13,18H,4-5,8,10H2,1-3H3,(H,17,19)/t12-,13-/m1/s1. The second kappa shape index (κ2) is 7.96. The minimum atomic E-state index is -3.87. The lowest BCUT2D eigenvalue weighted by molar-refractivity contribution is -0.122. The van der Waals surface area contributed by atoms with E-state index in [0.29, 0.717) is 13.2 Å². The third-order valence-corrected chi connectivity index (χ3v) is 5.42. The molecule has 0 unspecified atom stereocenters. The Morgan fingerprint density at radius 1 is 1.46 bits per heavy atom. The van der Waals surface area contributed by atoms with Crippen molar-refractivity contribution in [3.05, 3.63) is 23.8 Å². The number of amides is 1. The third kappa shape index (κ3) is 4.68. The van der Waals surface area contributed by atoms with Crippen LogP contribution in [0.3, 0.4) is 0 Å². The Labute approximate surface area is 142 Å². The van der Waals surface area contributed by atoms with Crippen LogP contribution in [0.4, 0.5) is 0 Å². The number of carbonyl (C=O) groups excluding carboxylic acids is 1. The minimum absolute atomic E-state index is 0.00891. The lowest BCUT2D eigenvalue weighted by Crippen LogP contribution is -2.46. The number of methoxy groups -OCH3 is 1. The summed E-state index contributed by atoms with van der Waals surface area (Å²) in [5.74, 6) is -0.152. The largest absolute Gasteiger partial charge is 0.495 e. The molecular formula is C16H24N2O5S. The van der Waals surface area contributed by atoms with Crippen LogP contribution >= 0.6 is 0 Å². The fourth-order valence-electron chi connectivity index (χ4n) is 2.52. The molecule has 1 aliphatic heterocycles. The molecule has 8 heteroatoms. The summed E-state index contributed by atoms with van der Waals surface area (Å²) in [4.78, 5) is 12.1. The zero-order chi connectivity index (χ0) is 17.7. The average molecular weight is 356 g/mol. The van der Waals surface area contributed by atoms with E-state index in [4.69, 9.17) is 9.47 Å². The Balaban J connectivity index is 2.02. The van der Waals surface area contributed by atoms with Gasteiger partial charge in [0.1, 0.15) is 10.6 Å². The van der Waals surface area contributed by atoms with E-state index in [1.165, 1.54) is 20.1 Å². The van der Waals surface area contributed by atoms with E-state index in [9.17, 15) is 13.2 Å². The summed E-state index contributed by atoms with van der Waals surface area (Å²) in [6, 6.07) is 3.96. The lowest BCUT2D eigenvalue weighted by Gasteiger charge is -2.17. The maximum atomic E-state index is 12.5. The van der Waals surface area contributed by atoms with Crippen molar-refractivity contribution in [2.45, 2.75) is 43.7 Å². The van der Waals surface area contributed by atoms with Crippen molar-refractivity contribution in [2.24, 2.45) is 0 Å². The molecule has 0 saturated carbocycles. The summed E-state index contributed by atoms with van der Waals surface area (Å²) in [5, 5.41) is 2.72. The second-order valence-corrected chi connectivity index (χ2v) is 7.56. The number of hydrogen-bond donors (Lipinski definition) is 2. The van der Waals surface area contributed by atoms with E-state index in [1.807, 2.05) is 0 Å². The molecular weight excluding hydrogens is 332 g/mol. The highest BCUT2D eigenvalue weighted by Crippen LogP contribution is 2.24. The molecule has 2 rings (SSSR count). The van der Waals surface area contributed by atoms with Crippen LogP contribution in [-0.2, 0) is 19.6 Å². The average Bonchev–Trinajstić information content (AvgIpc) is 3.05. The number of rotatable bonds is 7. The van der Waals surface area contributed by atoms with Gasteiger partial charge in [-0.1, -0.05) is 6.07 Å². The number of nitrogens with one attached hydrogen (secondary N) is 2. The maximum Gasteiger partial charge on any atom is 0.244 e. The van der Waals surface area contributed by atoms with Crippen LogP contribution in [0.25, 0.3) is 0 Å². The van der Waals surface area contributed by atoms with Gasteiger partial charge in [-0.25, -0.2) is 8.42 Å². The fraction of sp³-hybridized carbons (Fsp3) is 0.562. The number of sulfonamides is 1. The molecule has 2 N–H and O–H groups in total. The van der Waals surface area contributed by atoms with Gasteiger partial charge >= 0.3 is 0 Å². The molecule has 0 radical (unpaired) electrons. The van der Waals surface area contributed by atoms with Crippen LogP contribution in [0.5, 0.6) is 5.75 Å². The van der Waals surface area contributed by atoms with Crippen molar-refractivity contribution in [2.75, 3.05) is 20.3 Å². The second-order valence-electron chi connectivity index (χ2n) is 5.88. The monoisotopic (exact) mass is 356 g/mol. The topological polar surface area (TPSA) is 93.7 Å². The van der Waals surface area contributed by atoms with E-state index in [1.54, 1.807) is 19.1 Å². The number of benzene rings is 1. The van der Waals surface area contributed by atoms with Crippen LogP contribution in [0.2, 0.25) is 0 Å². The first-order chi connectivity index (χ1) is 11.3. The molecule has 0 bridgehead atoms. The van der Waals surface area contributed by atoms with E-state index in [-0.39, 0.29) is 22.7 Å². The van der Waals surface area contributed by atoms with E-state index in [0.717, 1.165) is 18.4 Å². The van der Waals surface area contributed by atoms with Crippen molar-refractivity contribution in [3.8, 4) is 5.75 Å². The summed E-state index contributed by atoms with van der Waals surface area (Å²) >= 11 is 0. The molecule has 7 nitrogen and oxygen atoms in total. The van der Waals surface area contributed by atoms with Crippen LogP contribution in [-0.4, -0.2) is 46.7 Å². The molecule has 0 aromatic heterocycles. The molecule has 0 spiro atoms. The van der Waals surface area contributed by atoms with Gasteiger partial charge in [-0.15, -0.1) is 0 Å². The van der Waals surface area contributed by atoms with Gasteiger partial charge in [0.25, 0.3) is 0 Å². The van der Waals surface area contributed by atoms with E-state index >= 15 is 0 Å². The molecule has 0 aliphatic carbocycles. The SMILES string of the molecule is COc1ccc(C)cc1S(=O)(=O)N[C@H](C)C(=O)NC[C@H]1CCCO1. The Hall–Kier alpha value is -1.64. The van der Waals surface area contributed by atoms with Gasteiger partial charge in [0.2, 0.25) is 15.9 Å². The van der Waals surface area contributed by atoms with Crippen LogP contribution in [0.15, 0.2) is 23.1 Å². The Morgan fingerprint density at radius 3 is 2.83 bits per heavy atom. The highest BCUT2D eigenvalue weighted by molar-refractivity contribution is 7.89. The van der Waals surface area contributed by atoms with Gasteiger partial charge in [-0.2, -0.15) is 4.72 Å². The summed E-state index contributed by atoms with van der Waals surface area (Å²) in [7, 11) is -2.47. The van der Waals surface area contributed by atoms with Crippen LogP contribution in [0, 0.1) is 6.92 Å². The van der Waals surface area contributed by atoms with Crippen LogP contribution < -0.4 is 14.8 Å². The lowest BCUT2D eigenvalue weighted by atomic mass is 10.2. The number of carbonyl (C=O) groups is 1. The minimum Gasteiger partial charge on any atom is -0.495 e. The van der Waals surface area contributed by atoms with Crippen LogP contribution in [0.1, 0.15) is 25.3 Å². The number of hydrogen-bond acceptors (Lipinski definition) is 5. The first-order valence-electron chi connectivity index (χ1n) is 7.90. The smallest absolute Gasteiger partial charge is 0.244 e. The molecule has 1 heterocycles. The van der Waals surface area contributed by atoms with Crippen molar-refractivity contribution in [1.82, 2.24) is 10.0 Å². The van der Waals surface area contributed by atoms with Crippen molar-refractivity contribution < 1.29 is 22.7 Å². The van der Waals surface area contributed by atoms with Gasteiger partial charge in [0.15, 0.2) is 0 Å². The molecule has 1 amide bonds. The zero-order valence-corrected chi connectivity index (χ0v) is 15.0. The summed E-state index contributed by atoms with van der Waals surface area (Å²) in [6.45, 7) is 4.38. The molecule has 1 aromatic rings. The molecule has 1 aromatic carbocycles. The van der Waals surface area contributed by atoms with Gasteiger partial charge < -0.3 is 14.8 Å². The normalized spacial score (nSPS) is 19.0. The summed E-state index contributed by atoms with van der Waals surface area (Å²) in [6.07, 6.45) is 1.89. The Bertz CT molecular complexity index is 684. The van der Waals surface area contributed by atoms with Gasteiger partial charge in [-0.3, -0.25) is 4.79 Å². The molecule has 134 valence electrons. The first kappa shape index (κ1) is 18.7. The van der Waals surface area contributed by atoms with Gasteiger partial charge in [0, 0.05) is 13.2 Å². The predicted molar refractivity (Wildman–Crippen MR) is 89.5 cm³/mol. The third-order valence-electron chi connectivity index (χ3n) is 3.86. The highest BCUT2D eigenvalue weighted by Gasteiger charge is 2.26. The van der Waals surface area contributed by atoms with E-state index in [2.05, 4.69) is 10.0 Å². The Morgan fingerprint density at radius 2 is 2.21 bits per heavy atom. The number of ether oxygens (including phenoxy) is 2.